The molecule has 1 aromatic carbocycles. The molecule has 0 amide bonds. The smallest absolute Gasteiger partial charge is 0.103 e. The zero-order valence-corrected chi connectivity index (χ0v) is 14.9. The molecule has 4 rings (SSSR count). The molecule has 0 bridgehead atoms. The van der Waals surface area contributed by atoms with E-state index < -0.39 is 12.2 Å². The number of hydrogen-bond donors (Lipinski definition) is 2. The molecule has 0 aliphatic carbocycles. The molecule has 2 fully saturated rings. The highest BCUT2D eigenvalue weighted by Gasteiger charge is 2.42. The highest BCUT2D eigenvalue weighted by atomic mass is 16.5. The van der Waals surface area contributed by atoms with Crippen molar-refractivity contribution >= 4 is 0 Å². The summed E-state index contributed by atoms with van der Waals surface area (Å²) < 4.78 is 5.91. The summed E-state index contributed by atoms with van der Waals surface area (Å²) in [5.74, 6) is 0. The summed E-state index contributed by atoms with van der Waals surface area (Å²) in [6.07, 6.45) is 4.63. The molecular weight excluding hydrogens is 328 g/mol. The molecular formula is C21H26N2O3. The molecule has 0 radical (unpaired) electrons. The van der Waals surface area contributed by atoms with E-state index in [9.17, 15) is 10.2 Å². The normalized spacial score (nSPS) is 26.1. The average Bonchev–Trinajstić information content (AvgIpc) is 2.68. The second-order valence-electron chi connectivity index (χ2n) is 7.55. The van der Waals surface area contributed by atoms with Gasteiger partial charge in [-0.3, -0.25) is 9.88 Å². The van der Waals surface area contributed by atoms with Crippen LogP contribution in [-0.2, 0) is 11.3 Å². The van der Waals surface area contributed by atoms with E-state index in [0.29, 0.717) is 6.42 Å². The van der Waals surface area contributed by atoms with Gasteiger partial charge in [0.1, 0.15) is 6.10 Å². The molecule has 2 saturated heterocycles. The molecule has 2 N–H and O–H groups in total. The molecule has 5 nitrogen and oxygen atoms in total. The number of likely N-dealkylation sites (tertiary alicyclic amines) is 1. The number of hydrogen-bond acceptors (Lipinski definition) is 5. The Hall–Kier alpha value is -1.79. The summed E-state index contributed by atoms with van der Waals surface area (Å²) in [5, 5.41) is 19.6. The van der Waals surface area contributed by atoms with Crippen molar-refractivity contribution in [3.63, 3.8) is 0 Å². The molecule has 26 heavy (non-hydrogen) atoms. The minimum atomic E-state index is -0.739. The Labute approximate surface area is 154 Å². The number of benzene rings is 1. The van der Waals surface area contributed by atoms with Crippen molar-refractivity contribution in [2.75, 3.05) is 19.7 Å². The second-order valence-corrected chi connectivity index (χ2v) is 7.55. The van der Waals surface area contributed by atoms with Crippen LogP contribution in [0, 0.1) is 0 Å². The number of aliphatic hydroxyl groups is 2. The van der Waals surface area contributed by atoms with Gasteiger partial charge in [0.25, 0.3) is 0 Å². The summed E-state index contributed by atoms with van der Waals surface area (Å²) in [7, 11) is 0. The maximum atomic E-state index is 9.97. The fourth-order valence-corrected chi connectivity index (χ4v) is 4.01. The quantitative estimate of drug-likeness (QED) is 0.885. The van der Waals surface area contributed by atoms with Gasteiger partial charge in [-0.2, -0.15) is 0 Å². The van der Waals surface area contributed by atoms with Crippen LogP contribution in [0.3, 0.4) is 0 Å². The molecule has 2 aliphatic heterocycles. The lowest BCUT2D eigenvalue weighted by molar-refractivity contribution is -0.188. The van der Waals surface area contributed by atoms with E-state index in [-0.39, 0.29) is 12.2 Å². The number of pyridine rings is 1. The van der Waals surface area contributed by atoms with Crippen molar-refractivity contribution in [2.24, 2.45) is 0 Å². The van der Waals surface area contributed by atoms with Crippen LogP contribution >= 0.6 is 0 Å². The molecule has 3 heterocycles. The van der Waals surface area contributed by atoms with E-state index in [0.717, 1.165) is 38.0 Å². The number of nitrogens with zero attached hydrogens (tertiary/aromatic N) is 2. The van der Waals surface area contributed by atoms with Crippen LogP contribution in [0.25, 0.3) is 11.1 Å². The first-order valence-corrected chi connectivity index (χ1v) is 9.35. The third kappa shape index (κ3) is 3.81. The van der Waals surface area contributed by atoms with Crippen molar-refractivity contribution in [3.8, 4) is 11.1 Å². The highest BCUT2D eigenvalue weighted by molar-refractivity contribution is 5.62. The third-order valence-corrected chi connectivity index (χ3v) is 5.71. The van der Waals surface area contributed by atoms with Crippen LogP contribution in [0.5, 0.6) is 0 Å². The first-order chi connectivity index (χ1) is 12.6. The van der Waals surface area contributed by atoms with Crippen LogP contribution in [0.4, 0.5) is 0 Å². The first-order valence-electron chi connectivity index (χ1n) is 9.35. The molecule has 2 aromatic rings. The maximum Gasteiger partial charge on any atom is 0.103 e. The lowest BCUT2D eigenvalue weighted by Gasteiger charge is -2.46. The van der Waals surface area contributed by atoms with Gasteiger partial charge in [-0.15, -0.1) is 0 Å². The SMILES string of the molecule is O[C@@H]1CC2(CCN(Cc3ccc(-c4cccnc4)cc3)CC2)OC[C@@H]1O. The maximum absolute atomic E-state index is 9.97. The Bertz CT molecular complexity index is 712. The topological polar surface area (TPSA) is 65.8 Å². The molecule has 138 valence electrons. The van der Waals surface area contributed by atoms with E-state index in [1.54, 1.807) is 6.20 Å². The number of piperidine rings is 1. The Balaban J connectivity index is 1.33. The van der Waals surface area contributed by atoms with E-state index in [2.05, 4.69) is 40.2 Å². The second kappa shape index (κ2) is 7.45. The number of aliphatic hydroxyl groups excluding tert-OH is 2. The van der Waals surface area contributed by atoms with Crippen LogP contribution in [0.2, 0.25) is 0 Å². The Morgan fingerprint density at radius 1 is 1.04 bits per heavy atom. The summed E-state index contributed by atoms with van der Waals surface area (Å²) in [6.45, 7) is 3.08. The predicted octanol–water partition coefficient (Wildman–Crippen LogP) is 2.23. The van der Waals surface area contributed by atoms with Crippen molar-refractivity contribution in [1.29, 1.82) is 0 Å². The first kappa shape index (κ1) is 17.6. The Morgan fingerprint density at radius 3 is 2.46 bits per heavy atom. The lowest BCUT2D eigenvalue weighted by atomic mass is 9.82. The minimum absolute atomic E-state index is 0.247. The van der Waals surface area contributed by atoms with Crippen molar-refractivity contribution in [3.05, 3.63) is 54.4 Å². The molecule has 1 spiro atoms. The molecule has 2 atom stereocenters. The van der Waals surface area contributed by atoms with Crippen molar-refractivity contribution in [2.45, 2.75) is 43.6 Å². The summed E-state index contributed by atoms with van der Waals surface area (Å²) in [4.78, 5) is 6.61. The molecule has 0 saturated carbocycles. The zero-order valence-electron chi connectivity index (χ0n) is 14.9. The fraction of sp³-hybridized carbons (Fsp3) is 0.476. The summed E-state index contributed by atoms with van der Waals surface area (Å²) in [6, 6.07) is 12.7. The number of ether oxygens (including phenoxy) is 1. The monoisotopic (exact) mass is 354 g/mol. The average molecular weight is 354 g/mol. The standard InChI is InChI=1S/C21H26N2O3/c24-19-12-21(26-15-20(19)25)7-10-23(11-8-21)14-16-3-5-17(6-4-16)18-2-1-9-22-13-18/h1-6,9,13,19-20,24-25H,7-8,10-12,14-15H2/t19-,20+/m1/s1. The summed E-state index contributed by atoms with van der Waals surface area (Å²) in [5.41, 5.74) is 3.37. The molecule has 0 unspecified atom stereocenters. The largest absolute Gasteiger partial charge is 0.390 e. The zero-order chi connectivity index (χ0) is 18.0. The van der Waals surface area contributed by atoms with Crippen LogP contribution in [0.1, 0.15) is 24.8 Å². The van der Waals surface area contributed by atoms with Crippen LogP contribution < -0.4 is 0 Å². The minimum Gasteiger partial charge on any atom is -0.390 e. The van der Waals surface area contributed by atoms with Gasteiger partial charge in [0.2, 0.25) is 0 Å². The number of aromatic nitrogens is 1. The van der Waals surface area contributed by atoms with E-state index >= 15 is 0 Å². The number of rotatable bonds is 3. The van der Waals surface area contributed by atoms with Gasteiger partial charge in [-0.05, 0) is 35.6 Å². The Kier molecular flexibility index (Phi) is 5.05. The van der Waals surface area contributed by atoms with E-state index in [1.165, 1.54) is 11.1 Å². The van der Waals surface area contributed by atoms with Gasteiger partial charge in [-0.1, -0.05) is 30.3 Å². The fourth-order valence-electron chi connectivity index (χ4n) is 4.01. The van der Waals surface area contributed by atoms with Crippen LogP contribution in [0.15, 0.2) is 48.8 Å². The Morgan fingerprint density at radius 2 is 1.81 bits per heavy atom. The third-order valence-electron chi connectivity index (χ3n) is 5.71. The lowest BCUT2D eigenvalue weighted by Crippen LogP contribution is -2.54. The van der Waals surface area contributed by atoms with Gasteiger partial charge >= 0.3 is 0 Å². The summed E-state index contributed by atoms with van der Waals surface area (Å²) >= 11 is 0. The van der Waals surface area contributed by atoms with Gasteiger partial charge in [0.15, 0.2) is 0 Å². The van der Waals surface area contributed by atoms with Gasteiger partial charge in [0, 0.05) is 38.4 Å². The van der Waals surface area contributed by atoms with E-state index in [1.807, 2.05) is 12.3 Å². The van der Waals surface area contributed by atoms with Crippen molar-refractivity contribution < 1.29 is 14.9 Å². The van der Waals surface area contributed by atoms with Crippen molar-refractivity contribution in [1.82, 2.24) is 9.88 Å². The van der Waals surface area contributed by atoms with E-state index in [4.69, 9.17) is 4.74 Å². The predicted molar refractivity (Wildman–Crippen MR) is 99.5 cm³/mol. The van der Waals surface area contributed by atoms with Gasteiger partial charge in [-0.25, -0.2) is 0 Å². The highest BCUT2D eigenvalue weighted by Crippen LogP contribution is 2.35. The van der Waals surface area contributed by atoms with Gasteiger partial charge < -0.3 is 14.9 Å². The van der Waals surface area contributed by atoms with Gasteiger partial charge in [0.05, 0.1) is 18.3 Å². The molecule has 5 heteroatoms. The van der Waals surface area contributed by atoms with Crippen LogP contribution in [-0.4, -0.2) is 57.6 Å². The molecule has 2 aliphatic rings. The molecule has 1 aromatic heterocycles.